The van der Waals surface area contributed by atoms with Crippen LogP contribution in [0.3, 0.4) is 0 Å². The van der Waals surface area contributed by atoms with Gasteiger partial charge in [-0.15, -0.1) is 11.3 Å². The van der Waals surface area contributed by atoms with Crippen molar-refractivity contribution in [2.45, 2.75) is 24.3 Å². The molecule has 6 nitrogen and oxygen atoms in total. The minimum absolute atomic E-state index is 0.0511. The molecule has 0 aliphatic heterocycles. The van der Waals surface area contributed by atoms with Crippen LogP contribution >= 0.6 is 23.1 Å². The van der Waals surface area contributed by atoms with Gasteiger partial charge in [0.1, 0.15) is 4.83 Å². The van der Waals surface area contributed by atoms with Gasteiger partial charge >= 0.3 is 0 Å². The Balaban J connectivity index is 1.74. The summed E-state index contributed by atoms with van der Waals surface area (Å²) in [6.07, 6.45) is 0. The van der Waals surface area contributed by atoms with Crippen molar-refractivity contribution in [1.82, 2.24) is 19.7 Å². The lowest BCUT2D eigenvalue weighted by molar-refractivity contribution is 0.376. The summed E-state index contributed by atoms with van der Waals surface area (Å²) in [4.78, 5) is 23.5. The zero-order valence-corrected chi connectivity index (χ0v) is 16.1. The van der Waals surface area contributed by atoms with Crippen molar-refractivity contribution in [3.05, 3.63) is 58.5 Å². The average molecular weight is 384 g/mol. The highest BCUT2D eigenvalue weighted by molar-refractivity contribution is 7.99. The number of thioether (sulfide) groups is 1. The van der Waals surface area contributed by atoms with Crippen LogP contribution in [0.2, 0.25) is 0 Å². The predicted molar refractivity (Wildman–Crippen MR) is 104 cm³/mol. The van der Waals surface area contributed by atoms with Gasteiger partial charge in [-0.3, -0.25) is 9.36 Å². The summed E-state index contributed by atoms with van der Waals surface area (Å²) in [7, 11) is 1.74. The molecular weight excluding hydrogens is 368 g/mol. The smallest absolute Gasteiger partial charge is 0.262 e. The Bertz CT molecular complexity index is 1130. The molecule has 0 aliphatic carbocycles. The summed E-state index contributed by atoms with van der Waals surface area (Å²) < 4.78 is 6.80. The van der Waals surface area contributed by atoms with Gasteiger partial charge < -0.3 is 4.52 Å². The van der Waals surface area contributed by atoms with Crippen molar-refractivity contribution >= 4 is 33.3 Å². The van der Waals surface area contributed by atoms with Crippen LogP contribution in [0.15, 0.2) is 50.9 Å². The molecule has 1 unspecified atom stereocenters. The standard InChI is InChI=1S/C18H16N4O2S2/c1-10(15-19-11(2)21-24-15)25-18-20-16-13(17(23)22(18)3)9-14(26-16)12-7-5-4-6-8-12/h4-10H,1-3H3. The molecule has 0 saturated carbocycles. The molecule has 0 bridgehead atoms. The van der Waals surface area contributed by atoms with Gasteiger partial charge in [0.2, 0.25) is 5.89 Å². The third kappa shape index (κ3) is 3.06. The van der Waals surface area contributed by atoms with Crippen LogP contribution in [-0.4, -0.2) is 19.7 Å². The monoisotopic (exact) mass is 384 g/mol. The number of rotatable bonds is 4. The highest BCUT2D eigenvalue weighted by Gasteiger charge is 2.19. The molecule has 0 saturated heterocycles. The van der Waals surface area contributed by atoms with Crippen molar-refractivity contribution in [2.75, 3.05) is 0 Å². The number of hydrogen-bond acceptors (Lipinski definition) is 7. The topological polar surface area (TPSA) is 73.8 Å². The number of hydrogen-bond donors (Lipinski definition) is 0. The summed E-state index contributed by atoms with van der Waals surface area (Å²) in [6, 6.07) is 11.9. The third-order valence-electron chi connectivity index (χ3n) is 3.96. The predicted octanol–water partition coefficient (Wildman–Crippen LogP) is 4.21. The molecule has 0 N–H and O–H groups in total. The molecule has 3 heterocycles. The van der Waals surface area contributed by atoms with Gasteiger partial charge in [-0.2, -0.15) is 4.98 Å². The fourth-order valence-corrected chi connectivity index (χ4v) is 4.57. The summed E-state index contributed by atoms with van der Waals surface area (Å²) in [6.45, 7) is 3.74. The Hall–Kier alpha value is -2.45. The summed E-state index contributed by atoms with van der Waals surface area (Å²) >= 11 is 2.96. The first-order chi connectivity index (χ1) is 12.5. The van der Waals surface area contributed by atoms with Gasteiger partial charge in [-0.05, 0) is 25.5 Å². The number of aryl methyl sites for hydroxylation is 1. The second-order valence-corrected chi connectivity index (χ2v) is 8.23. The summed E-state index contributed by atoms with van der Waals surface area (Å²) in [5.41, 5.74) is 1.03. The van der Waals surface area contributed by atoms with Crippen LogP contribution in [0.5, 0.6) is 0 Å². The van der Waals surface area contributed by atoms with Crippen molar-refractivity contribution < 1.29 is 4.52 Å². The van der Waals surface area contributed by atoms with Crippen LogP contribution in [-0.2, 0) is 7.05 Å². The van der Waals surface area contributed by atoms with E-state index < -0.39 is 0 Å². The van der Waals surface area contributed by atoms with Crippen LogP contribution in [0.4, 0.5) is 0 Å². The molecule has 8 heteroatoms. The van der Waals surface area contributed by atoms with Crippen molar-refractivity contribution in [1.29, 1.82) is 0 Å². The molecule has 3 aromatic heterocycles. The Labute approximate surface area is 157 Å². The van der Waals surface area contributed by atoms with E-state index in [9.17, 15) is 4.79 Å². The van der Waals surface area contributed by atoms with Gasteiger partial charge in [0.25, 0.3) is 5.56 Å². The van der Waals surface area contributed by atoms with Crippen molar-refractivity contribution in [3.63, 3.8) is 0 Å². The molecule has 0 aliphatic rings. The molecule has 132 valence electrons. The summed E-state index contributed by atoms with van der Waals surface area (Å²) in [5.74, 6) is 1.12. The second kappa shape index (κ2) is 6.69. The van der Waals surface area contributed by atoms with E-state index in [1.54, 1.807) is 18.5 Å². The number of benzene rings is 1. The number of nitrogens with zero attached hydrogens (tertiary/aromatic N) is 4. The minimum Gasteiger partial charge on any atom is -0.338 e. The number of thiophene rings is 1. The largest absolute Gasteiger partial charge is 0.338 e. The van der Waals surface area contributed by atoms with E-state index >= 15 is 0 Å². The molecule has 1 aromatic carbocycles. The van der Waals surface area contributed by atoms with Gasteiger partial charge in [0.05, 0.1) is 10.6 Å². The van der Waals surface area contributed by atoms with Crippen molar-refractivity contribution in [2.24, 2.45) is 7.05 Å². The zero-order chi connectivity index (χ0) is 18.3. The van der Waals surface area contributed by atoms with Gasteiger partial charge in [0, 0.05) is 11.9 Å². The molecule has 0 amide bonds. The molecule has 4 rings (SSSR count). The van der Waals surface area contributed by atoms with E-state index in [-0.39, 0.29) is 10.8 Å². The Morgan fingerprint density at radius 3 is 2.69 bits per heavy atom. The highest BCUT2D eigenvalue weighted by atomic mass is 32.2. The minimum atomic E-state index is -0.0969. The van der Waals surface area contributed by atoms with Crippen LogP contribution in [0, 0.1) is 6.92 Å². The van der Waals surface area contributed by atoms with E-state index in [0.29, 0.717) is 22.3 Å². The number of aromatic nitrogens is 4. The van der Waals surface area contributed by atoms with Crippen LogP contribution in [0.1, 0.15) is 23.9 Å². The van der Waals surface area contributed by atoms with E-state index in [1.807, 2.05) is 43.3 Å². The first-order valence-corrected chi connectivity index (χ1v) is 9.75. The fourth-order valence-electron chi connectivity index (χ4n) is 2.58. The molecular formula is C18H16N4O2S2. The zero-order valence-electron chi connectivity index (χ0n) is 14.5. The molecule has 0 radical (unpaired) electrons. The molecule has 0 spiro atoms. The van der Waals surface area contributed by atoms with Crippen LogP contribution in [0.25, 0.3) is 20.7 Å². The Morgan fingerprint density at radius 1 is 1.23 bits per heavy atom. The molecule has 26 heavy (non-hydrogen) atoms. The fraction of sp³-hybridized carbons (Fsp3) is 0.222. The van der Waals surface area contributed by atoms with Gasteiger partial charge in [-0.1, -0.05) is 47.3 Å². The third-order valence-corrected chi connectivity index (χ3v) is 6.17. The lowest BCUT2D eigenvalue weighted by atomic mass is 10.2. The SMILES string of the molecule is Cc1noc(C(C)Sc2nc3sc(-c4ccccc4)cc3c(=O)n2C)n1. The van der Waals surface area contributed by atoms with Crippen LogP contribution < -0.4 is 5.56 Å². The normalized spacial score (nSPS) is 12.6. The first-order valence-electron chi connectivity index (χ1n) is 8.06. The van der Waals surface area contributed by atoms with Gasteiger partial charge in [-0.25, -0.2) is 4.98 Å². The van der Waals surface area contributed by atoms with E-state index in [1.165, 1.54) is 23.1 Å². The Kier molecular flexibility index (Phi) is 4.37. The molecule has 0 fully saturated rings. The Morgan fingerprint density at radius 2 is 2.00 bits per heavy atom. The van der Waals surface area contributed by atoms with Crippen molar-refractivity contribution in [3.8, 4) is 10.4 Å². The first kappa shape index (κ1) is 17.0. The maximum absolute atomic E-state index is 12.8. The van der Waals surface area contributed by atoms with E-state index in [4.69, 9.17) is 9.51 Å². The highest BCUT2D eigenvalue weighted by Crippen LogP contribution is 2.35. The van der Waals surface area contributed by atoms with Gasteiger partial charge in [0.15, 0.2) is 11.0 Å². The number of fused-ring (bicyclic) bond motifs is 1. The lowest BCUT2D eigenvalue weighted by Gasteiger charge is -2.09. The maximum Gasteiger partial charge on any atom is 0.262 e. The van der Waals surface area contributed by atoms with E-state index in [0.717, 1.165) is 15.3 Å². The quantitative estimate of drug-likeness (QED) is 0.388. The van der Waals surface area contributed by atoms with E-state index in [2.05, 4.69) is 10.1 Å². The lowest BCUT2D eigenvalue weighted by Crippen LogP contribution is -2.19. The molecule has 1 atom stereocenters. The molecule has 4 aromatic rings. The maximum atomic E-state index is 12.8. The second-order valence-electron chi connectivity index (χ2n) is 5.89. The average Bonchev–Trinajstić information content (AvgIpc) is 3.27. The summed E-state index contributed by atoms with van der Waals surface area (Å²) in [5, 5.41) is 5.00.